The standard InChI is InChI=1S/C12H24BO/c1-10(14)7-11(2,3)8-12(4,5)9-13-6/h7-9H2,1-6H3. The van der Waals surface area contributed by atoms with E-state index in [1.54, 1.807) is 6.92 Å². The minimum absolute atomic E-state index is 0.137. The number of hydrogen-bond donors (Lipinski definition) is 0. The molecular formula is C12H24BO. The molecule has 0 saturated heterocycles. The second-order valence-electron chi connectivity index (χ2n) is 6.00. The summed E-state index contributed by atoms with van der Waals surface area (Å²) in [6, 6.07) is 0. The molecule has 0 aromatic rings. The summed E-state index contributed by atoms with van der Waals surface area (Å²) < 4.78 is 0. The van der Waals surface area contributed by atoms with Crippen molar-refractivity contribution in [2.75, 3.05) is 0 Å². The van der Waals surface area contributed by atoms with E-state index in [9.17, 15) is 4.79 Å². The van der Waals surface area contributed by atoms with E-state index in [0.29, 0.717) is 17.6 Å². The van der Waals surface area contributed by atoms with E-state index >= 15 is 0 Å². The topological polar surface area (TPSA) is 17.1 Å². The smallest absolute Gasteiger partial charge is 0.130 e. The van der Waals surface area contributed by atoms with Crippen molar-refractivity contribution >= 4 is 13.1 Å². The molecule has 2 heteroatoms. The molecule has 1 radical (unpaired) electrons. The van der Waals surface area contributed by atoms with Gasteiger partial charge < -0.3 is 4.79 Å². The maximum Gasteiger partial charge on any atom is 0.130 e. The number of carbonyl (C=O) groups excluding carboxylic acids is 1. The fourth-order valence-corrected chi connectivity index (χ4v) is 2.66. The van der Waals surface area contributed by atoms with Crippen molar-refractivity contribution in [1.29, 1.82) is 0 Å². The monoisotopic (exact) mass is 195 g/mol. The maximum atomic E-state index is 11.1. The zero-order valence-corrected chi connectivity index (χ0v) is 10.6. The van der Waals surface area contributed by atoms with Crippen LogP contribution in [0, 0.1) is 10.8 Å². The Kier molecular flexibility index (Phi) is 4.90. The molecule has 0 aliphatic carbocycles. The molecule has 0 spiro atoms. The lowest BCUT2D eigenvalue weighted by Gasteiger charge is -2.34. The van der Waals surface area contributed by atoms with Crippen LogP contribution in [0.3, 0.4) is 0 Å². The van der Waals surface area contributed by atoms with Gasteiger partial charge in [0.05, 0.1) is 0 Å². The average Bonchev–Trinajstić information content (AvgIpc) is 1.78. The Labute approximate surface area is 89.9 Å². The number of ketones is 1. The van der Waals surface area contributed by atoms with Crippen LogP contribution in [0.15, 0.2) is 0 Å². The zero-order valence-electron chi connectivity index (χ0n) is 10.6. The summed E-state index contributed by atoms with van der Waals surface area (Å²) in [7, 11) is 2.21. The first-order valence-corrected chi connectivity index (χ1v) is 5.46. The molecule has 0 saturated carbocycles. The molecule has 0 aromatic carbocycles. The highest BCUT2D eigenvalue weighted by Crippen LogP contribution is 2.38. The van der Waals surface area contributed by atoms with Gasteiger partial charge in [-0.1, -0.05) is 40.8 Å². The lowest BCUT2D eigenvalue weighted by molar-refractivity contribution is -0.119. The van der Waals surface area contributed by atoms with Gasteiger partial charge in [-0.15, -0.1) is 0 Å². The molecule has 1 nitrogen and oxygen atoms in total. The van der Waals surface area contributed by atoms with E-state index in [1.165, 1.54) is 0 Å². The normalized spacial score (nSPS) is 12.7. The van der Waals surface area contributed by atoms with Gasteiger partial charge >= 0.3 is 0 Å². The lowest BCUT2D eigenvalue weighted by atomic mass is 9.61. The summed E-state index contributed by atoms with van der Waals surface area (Å²) in [5, 5.41) is 0. The van der Waals surface area contributed by atoms with Crippen molar-refractivity contribution < 1.29 is 4.79 Å². The molecule has 0 rings (SSSR count). The molecule has 0 heterocycles. The van der Waals surface area contributed by atoms with Gasteiger partial charge in [-0.3, -0.25) is 0 Å². The fraction of sp³-hybridized carbons (Fsp3) is 0.917. The van der Waals surface area contributed by atoms with E-state index < -0.39 is 0 Å². The molecule has 81 valence electrons. The Morgan fingerprint density at radius 1 is 1.14 bits per heavy atom. The highest BCUT2D eigenvalue weighted by atomic mass is 16.1. The van der Waals surface area contributed by atoms with Gasteiger partial charge in [0.2, 0.25) is 0 Å². The van der Waals surface area contributed by atoms with Crippen molar-refractivity contribution in [3.8, 4) is 0 Å². The highest BCUT2D eigenvalue weighted by molar-refractivity contribution is 6.33. The molecule has 0 aliphatic rings. The van der Waals surface area contributed by atoms with Crippen LogP contribution < -0.4 is 0 Å². The minimum atomic E-state index is 0.137. The van der Waals surface area contributed by atoms with Crippen LogP contribution in [0.4, 0.5) is 0 Å². The summed E-state index contributed by atoms with van der Waals surface area (Å²) in [6.45, 7) is 12.7. The Balaban J connectivity index is 4.25. The number of Topliss-reactive ketones (excluding diaryl/α,β-unsaturated/α-hetero) is 1. The largest absolute Gasteiger partial charge is 0.300 e. The molecule has 0 bridgehead atoms. The van der Waals surface area contributed by atoms with Crippen molar-refractivity contribution in [3.05, 3.63) is 0 Å². The predicted molar refractivity (Wildman–Crippen MR) is 63.9 cm³/mol. The first-order chi connectivity index (χ1) is 6.18. The molecule has 0 aromatic heterocycles. The van der Waals surface area contributed by atoms with Crippen LogP contribution in [0.1, 0.15) is 47.5 Å². The average molecular weight is 195 g/mol. The molecule has 0 unspecified atom stereocenters. The SMILES string of the molecule is C[B]CC(C)(C)CC(C)(C)CC(C)=O. The van der Waals surface area contributed by atoms with Crippen molar-refractivity contribution in [2.45, 2.75) is 60.6 Å². The van der Waals surface area contributed by atoms with Gasteiger partial charge in [-0.25, -0.2) is 0 Å². The Morgan fingerprint density at radius 3 is 2.00 bits per heavy atom. The fourth-order valence-electron chi connectivity index (χ4n) is 2.66. The third-order valence-electron chi connectivity index (χ3n) is 2.44. The van der Waals surface area contributed by atoms with E-state index in [4.69, 9.17) is 0 Å². The predicted octanol–water partition coefficient (Wildman–Crippen LogP) is 3.58. The third-order valence-corrected chi connectivity index (χ3v) is 2.44. The van der Waals surface area contributed by atoms with Crippen LogP contribution >= 0.6 is 0 Å². The van der Waals surface area contributed by atoms with Gasteiger partial charge in [0.25, 0.3) is 0 Å². The van der Waals surface area contributed by atoms with Crippen LogP contribution in [-0.2, 0) is 4.79 Å². The third kappa shape index (κ3) is 6.23. The first-order valence-electron chi connectivity index (χ1n) is 5.46. The van der Waals surface area contributed by atoms with Gasteiger partial charge in [-0.2, -0.15) is 0 Å². The van der Waals surface area contributed by atoms with E-state index in [1.807, 2.05) is 0 Å². The Hall–Kier alpha value is -0.265. The number of hydrogen-bond acceptors (Lipinski definition) is 1. The molecule has 0 atom stereocenters. The summed E-state index contributed by atoms with van der Waals surface area (Å²) in [5.41, 5.74) is 0.450. The van der Waals surface area contributed by atoms with Crippen LogP contribution in [0.25, 0.3) is 0 Å². The van der Waals surface area contributed by atoms with Crippen molar-refractivity contribution in [2.24, 2.45) is 10.8 Å². The van der Waals surface area contributed by atoms with Crippen LogP contribution in [-0.4, -0.2) is 13.1 Å². The second-order valence-corrected chi connectivity index (χ2v) is 6.00. The highest BCUT2D eigenvalue weighted by Gasteiger charge is 2.28. The molecular weight excluding hydrogens is 171 g/mol. The van der Waals surface area contributed by atoms with E-state index in [2.05, 4.69) is 41.8 Å². The quantitative estimate of drug-likeness (QED) is 0.592. The van der Waals surface area contributed by atoms with Gasteiger partial charge in [0.15, 0.2) is 0 Å². The summed E-state index contributed by atoms with van der Waals surface area (Å²) in [5.74, 6) is 0.297. The minimum Gasteiger partial charge on any atom is -0.300 e. The van der Waals surface area contributed by atoms with E-state index in [-0.39, 0.29) is 5.41 Å². The molecule has 0 fully saturated rings. The van der Waals surface area contributed by atoms with Crippen LogP contribution in [0.2, 0.25) is 13.1 Å². The van der Waals surface area contributed by atoms with Crippen molar-refractivity contribution in [1.82, 2.24) is 0 Å². The molecule has 0 N–H and O–H groups in total. The number of rotatable bonds is 6. The van der Waals surface area contributed by atoms with Gasteiger partial charge in [0, 0.05) is 6.42 Å². The zero-order chi connectivity index (χ0) is 11.4. The summed E-state index contributed by atoms with van der Waals surface area (Å²) in [6.07, 6.45) is 2.92. The lowest BCUT2D eigenvalue weighted by Crippen LogP contribution is -2.25. The van der Waals surface area contributed by atoms with E-state index in [0.717, 1.165) is 12.7 Å². The summed E-state index contributed by atoms with van der Waals surface area (Å²) in [4.78, 5) is 11.1. The molecule has 0 aliphatic heterocycles. The van der Waals surface area contributed by atoms with Gasteiger partial charge in [-0.05, 0) is 24.2 Å². The Morgan fingerprint density at radius 2 is 1.64 bits per heavy atom. The van der Waals surface area contributed by atoms with Crippen molar-refractivity contribution in [3.63, 3.8) is 0 Å². The van der Waals surface area contributed by atoms with Crippen LogP contribution in [0.5, 0.6) is 0 Å². The Bertz CT molecular complexity index is 194. The second kappa shape index (κ2) is 5.00. The maximum absolute atomic E-state index is 11.1. The number of carbonyl (C=O) groups is 1. The molecule has 14 heavy (non-hydrogen) atoms. The van der Waals surface area contributed by atoms with Gasteiger partial charge in [0.1, 0.15) is 13.1 Å². The first kappa shape index (κ1) is 13.7. The summed E-state index contributed by atoms with van der Waals surface area (Å²) >= 11 is 0. The molecule has 0 amide bonds.